The Morgan fingerprint density at radius 3 is 3.08 bits per heavy atom. The summed E-state index contributed by atoms with van der Waals surface area (Å²) in [7, 11) is 0. The molecule has 128 valence electrons. The van der Waals surface area contributed by atoms with Gasteiger partial charge >= 0.3 is 0 Å². The third-order valence-corrected chi connectivity index (χ3v) is 4.51. The summed E-state index contributed by atoms with van der Waals surface area (Å²) in [5.74, 6) is 0.133. The highest BCUT2D eigenvalue weighted by atomic mass is 16.5. The van der Waals surface area contributed by atoms with E-state index in [4.69, 9.17) is 9.15 Å². The van der Waals surface area contributed by atoms with E-state index in [1.54, 1.807) is 24.6 Å². The van der Waals surface area contributed by atoms with Crippen LogP contribution in [0.2, 0.25) is 0 Å². The summed E-state index contributed by atoms with van der Waals surface area (Å²) in [6.45, 7) is 2.39. The van der Waals surface area contributed by atoms with Gasteiger partial charge in [-0.2, -0.15) is 5.10 Å². The molecular weight excluding hydrogens is 318 g/mol. The van der Waals surface area contributed by atoms with Crippen molar-refractivity contribution >= 4 is 16.9 Å². The standard InChI is InChI=1S/C19H19N3O3/c23-19(17-4-2-7-20-21-17)22-8-10-24-13-14(12-22)11-15-3-1-5-18-16(15)6-9-25-18/h1-7,9,14H,8,10-13H2/t14-/m0/s1. The lowest BCUT2D eigenvalue weighted by atomic mass is 9.97. The number of benzene rings is 1. The van der Waals surface area contributed by atoms with E-state index in [-0.39, 0.29) is 11.8 Å². The molecule has 0 aliphatic carbocycles. The van der Waals surface area contributed by atoms with Crippen molar-refractivity contribution in [1.29, 1.82) is 0 Å². The van der Waals surface area contributed by atoms with E-state index in [2.05, 4.69) is 16.3 Å². The van der Waals surface area contributed by atoms with Gasteiger partial charge in [0.2, 0.25) is 0 Å². The second-order valence-electron chi connectivity index (χ2n) is 6.25. The molecular formula is C19H19N3O3. The number of rotatable bonds is 3. The number of furan rings is 1. The second kappa shape index (κ2) is 7.03. The molecule has 3 aromatic rings. The lowest BCUT2D eigenvalue weighted by Crippen LogP contribution is -2.37. The van der Waals surface area contributed by atoms with Crippen LogP contribution in [-0.4, -0.2) is 47.3 Å². The van der Waals surface area contributed by atoms with E-state index in [0.717, 1.165) is 17.4 Å². The smallest absolute Gasteiger partial charge is 0.274 e. The Labute approximate surface area is 145 Å². The highest BCUT2D eigenvalue weighted by Gasteiger charge is 2.25. The van der Waals surface area contributed by atoms with Gasteiger partial charge in [0.25, 0.3) is 5.91 Å². The third kappa shape index (κ3) is 3.39. The summed E-state index contributed by atoms with van der Waals surface area (Å²) >= 11 is 0. The zero-order valence-electron chi connectivity index (χ0n) is 13.8. The predicted octanol–water partition coefficient (Wildman–Crippen LogP) is 2.55. The summed E-state index contributed by atoms with van der Waals surface area (Å²) in [4.78, 5) is 14.5. The Morgan fingerprint density at radius 1 is 1.24 bits per heavy atom. The van der Waals surface area contributed by atoms with Gasteiger partial charge in [-0.3, -0.25) is 4.79 Å². The number of hydrogen-bond donors (Lipinski definition) is 0. The van der Waals surface area contributed by atoms with E-state index in [1.165, 1.54) is 5.56 Å². The van der Waals surface area contributed by atoms with Crippen LogP contribution in [0.25, 0.3) is 11.0 Å². The zero-order chi connectivity index (χ0) is 17.1. The van der Waals surface area contributed by atoms with E-state index in [0.29, 0.717) is 32.0 Å². The first-order valence-electron chi connectivity index (χ1n) is 8.41. The largest absolute Gasteiger partial charge is 0.464 e. The molecule has 4 rings (SSSR count). The van der Waals surface area contributed by atoms with Gasteiger partial charge in [0.1, 0.15) is 5.58 Å². The molecule has 2 aromatic heterocycles. The van der Waals surface area contributed by atoms with Crippen LogP contribution in [0.5, 0.6) is 0 Å². The maximum Gasteiger partial charge on any atom is 0.274 e. The van der Waals surface area contributed by atoms with E-state index >= 15 is 0 Å². The molecule has 1 fully saturated rings. The summed E-state index contributed by atoms with van der Waals surface area (Å²) < 4.78 is 11.2. The monoisotopic (exact) mass is 337 g/mol. The van der Waals surface area contributed by atoms with Crippen LogP contribution in [0, 0.1) is 5.92 Å². The van der Waals surface area contributed by atoms with Gasteiger partial charge in [-0.25, -0.2) is 0 Å². The fraction of sp³-hybridized carbons (Fsp3) is 0.316. The summed E-state index contributed by atoms with van der Waals surface area (Å²) in [5.41, 5.74) is 2.48. The molecule has 0 N–H and O–H groups in total. The fourth-order valence-electron chi connectivity index (χ4n) is 3.31. The molecule has 1 aliphatic heterocycles. The van der Waals surface area contributed by atoms with Crippen molar-refractivity contribution in [2.45, 2.75) is 6.42 Å². The Morgan fingerprint density at radius 2 is 2.20 bits per heavy atom. The van der Waals surface area contributed by atoms with Crippen LogP contribution >= 0.6 is 0 Å². The summed E-state index contributed by atoms with van der Waals surface area (Å²) in [6.07, 6.45) is 4.11. The predicted molar refractivity (Wildman–Crippen MR) is 92.2 cm³/mol. The Kier molecular flexibility index (Phi) is 4.43. The SMILES string of the molecule is O=C(c1cccnn1)N1CCOC[C@@H](Cc2cccc3occc23)C1. The highest BCUT2D eigenvalue weighted by Crippen LogP contribution is 2.24. The molecule has 3 heterocycles. The number of hydrogen-bond acceptors (Lipinski definition) is 5. The van der Waals surface area contributed by atoms with Crippen LogP contribution in [0.3, 0.4) is 0 Å². The molecule has 1 aromatic carbocycles. The Balaban J connectivity index is 1.52. The quantitative estimate of drug-likeness (QED) is 0.735. The van der Waals surface area contributed by atoms with Gasteiger partial charge in [-0.05, 0) is 36.2 Å². The molecule has 1 amide bonds. The molecule has 0 saturated carbocycles. The third-order valence-electron chi connectivity index (χ3n) is 4.51. The maximum absolute atomic E-state index is 12.7. The van der Waals surface area contributed by atoms with Gasteiger partial charge in [-0.1, -0.05) is 12.1 Å². The summed E-state index contributed by atoms with van der Waals surface area (Å²) in [6, 6.07) is 11.5. The molecule has 0 spiro atoms. The number of carbonyl (C=O) groups excluding carboxylic acids is 1. The van der Waals surface area contributed by atoms with E-state index in [1.807, 2.05) is 23.1 Å². The molecule has 25 heavy (non-hydrogen) atoms. The number of carbonyl (C=O) groups is 1. The van der Waals surface area contributed by atoms with Gasteiger partial charge in [-0.15, -0.1) is 5.10 Å². The van der Waals surface area contributed by atoms with Crippen LogP contribution in [-0.2, 0) is 11.2 Å². The molecule has 0 bridgehead atoms. The van der Waals surface area contributed by atoms with Gasteiger partial charge in [0.15, 0.2) is 5.69 Å². The van der Waals surface area contributed by atoms with Gasteiger partial charge < -0.3 is 14.1 Å². The van der Waals surface area contributed by atoms with E-state index < -0.39 is 0 Å². The fourth-order valence-corrected chi connectivity index (χ4v) is 3.31. The molecule has 1 atom stereocenters. The second-order valence-corrected chi connectivity index (χ2v) is 6.25. The van der Waals surface area contributed by atoms with Crippen LogP contribution in [0.4, 0.5) is 0 Å². The minimum absolute atomic E-state index is 0.0925. The molecule has 6 heteroatoms. The van der Waals surface area contributed by atoms with Crippen LogP contribution < -0.4 is 0 Å². The van der Waals surface area contributed by atoms with Crippen molar-refractivity contribution in [3.8, 4) is 0 Å². The zero-order valence-corrected chi connectivity index (χ0v) is 13.8. The number of amides is 1. The van der Waals surface area contributed by atoms with Crippen LogP contribution in [0.1, 0.15) is 16.1 Å². The van der Waals surface area contributed by atoms with Crippen molar-refractivity contribution in [3.05, 3.63) is 60.1 Å². The Hall–Kier alpha value is -2.73. The molecule has 1 aliphatic rings. The first-order valence-corrected chi connectivity index (χ1v) is 8.41. The minimum atomic E-state index is -0.0925. The molecule has 6 nitrogen and oxygen atoms in total. The first kappa shape index (κ1) is 15.8. The number of ether oxygens (including phenoxy) is 1. The summed E-state index contributed by atoms with van der Waals surface area (Å²) in [5, 5.41) is 8.86. The van der Waals surface area contributed by atoms with Gasteiger partial charge in [0.05, 0.1) is 19.5 Å². The lowest BCUT2D eigenvalue weighted by Gasteiger charge is -2.23. The first-order chi connectivity index (χ1) is 12.3. The number of nitrogens with zero attached hydrogens (tertiary/aromatic N) is 3. The van der Waals surface area contributed by atoms with Crippen LogP contribution in [0.15, 0.2) is 53.3 Å². The Bertz CT molecular complexity index is 862. The van der Waals surface area contributed by atoms with E-state index in [9.17, 15) is 4.79 Å². The topological polar surface area (TPSA) is 68.5 Å². The van der Waals surface area contributed by atoms with Crippen molar-refractivity contribution in [3.63, 3.8) is 0 Å². The van der Waals surface area contributed by atoms with Gasteiger partial charge in [0, 0.05) is 30.6 Å². The highest BCUT2D eigenvalue weighted by molar-refractivity contribution is 5.92. The van der Waals surface area contributed by atoms with Crippen molar-refractivity contribution < 1.29 is 13.9 Å². The molecule has 1 saturated heterocycles. The molecule has 0 radical (unpaired) electrons. The average molecular weight is 337 g/mol. The van der Waals surface area contributed by atoms with Crippen molar-refractivity contribution in [1.82, 2.24) is 15.1 Å². The minimum Gasteiger partial charge on any atom is -0.464 e. The lowest BCUT2D eigenvalue weighted by molar-refractivity contribution is 0.0730. The number of fused-ring (bicyclic) bond motifs is 1. The normalized spacial score (nSPS) is 18.2. The van der Waals surface area contributed by atoms with Crippen molar-refractivity contribution in [2.24, 2.45) is 5.92 Å². The number of aromatic nitrogens is 2. The molecule has 0 unspecified atom stereocenters. The van der Waals surface area contributed by atoms with Crippen molar-refractivity contribution in [2.75, 3.05) is 26.3 Å². The maximum atomic E-state index is 12.7. The average Bonchev–Trinajstić information content (AvgIpc) is 3.02.